The number of hydrogen-bond donors (Lipinski definition) is 0. The van der Waals surface area contributed by atoms with Crippen molar-refractivity contribution < 1.29 is 0 Å². The first-order chi connectivity index (χ1) is 12.8. The van der Waals surface area contributed by atoms with Crippen LogP contribution in [0.2, 0.25) is 0 Å². The summed E-state index contributed by atoms with van der Waals surface area (Å²) >= 11 is 0. The van der Waals surface area contributed by atoms with Gasteiger partial charge in [0.15, 0.2) is 0 Å². The van der Waals surface area contributed by atoms with Crippen LogP contribution >= 0.6 is 0 Å². The fourth-order valence-corrected chi connectivity index (χ4v) is 5.27. The Bertz CT molecular complexity index is 375. The molecule has 0 aromatic carbocycles. The minimum atomic E-state index is 0.985. The van der Waals surface area contributed by atoms with Crippen molar-refractivity contribution in [1.82, 2.24) is 0 Å². The Morgan fingerprint density at radius 1 is 0.615 bits per heavy atom. The SMILES string of the molecule is CC=CCC[C@H]1CC[C@H](CC=CC[C@H]2CC[C@H](CCCCC)CC2)CC1. The average Bonchev–Trinajstić information content (AvgIpc) is 2.68. The second kappa shape index (κ2) is 13.6. The molecule has 0 bridgehead atoms. The van der Waals surface area contributed by atoms with Crippen LogP contribution in [0.25, 0.3) is 0 Å². The number of allylic oxidation sites excluding steroid dienone is 4. The molecule has 0 unspecified atom stereocenters. The van der Waals surface area contributed by atoms with E-state index in [2.05, 4.69) is 38.2 Å². The van der Waals surface area contributed by atoms with Crippen LogP contribution in [0.15, 0.2) is 24.3 Å². The molecule has 0 aliphatic heterocycles. The Morgan fingerprint density at radius 3 is 1.62 bits per heavy atom. The highest BCUT2D eigenvalue weighted by Crippen LogP contribution is 2.35. The molecular formula is C26H46. The van der Waals surface area contributed by atoms with Gasteiger partial charge in [-0.1, -0.05) is 82.6 Å². The Morgan fingerprint density at radius 2 is 1.12 bits per heavy atom. The summed E-state index contributed by atoms with van der Waals surface area (Å²) in [6.07, 6.45) is 32.8. The highest BCUT2D eigenvalue weighted by atomic mass is 14.3. The predicted octanol–water partition coefficient (Wildman–Crippen LogP) is 8.87. The van der Waals surface area contributed by atoms with E-state index < -0.39 is 0 Å². The monoisotopic (exact) mass is 358 g/mol. The maximum atomic E-state index is 2.54. The summed E-state index contributed by atoms with van der Waals surface area (Å²) in [5.41, 5.74) is 0. The normalized spacial score (nSPS) is 30.4. The van der Waals surface area contributed by atoms with Crippen molar-refractivity contribution in [3.05, 3.63) is 24.3 Å². The average molecular weight is 359 g/mol. The summed E-state index contributed by atoms with van der Waals surface area (Å²) < 4.78 is 0. The molecule has 2 rings (SSSR count). The van der Waals surface area contributed by atoms with Crippen molar-refractivity contribution in [2.45, 2.75) is 117 Å². The highest BCUT2D eigenvalue weighted by molar-refractivity contribution is 4.89. The molecule has 2 aliphatic carbocycles. The van der Waals surface area contributed by atoms with E-state index in [-0.39, 0.29) is 0 Å². The molecule has 2 saturated carbocycles. The van der Waals surface area contributed by atoms with Crippen molar-refractivity contribution >= 4 is 0 Å². The van der Waals surface area contributed by atoms with E-state index in [0.29, 0.717) is 0 Å². The molecule has 0 amide bonds. The first-order valence-electron chi connectivity index (χ1n) is 12.1. The van der Waals surface area contributed by atoms with Crippen molar-refractivity contribution in [3.63, 3.8) is 0 Å². The van der Waals surface area contributed by atoms with Crippen LogP contribution in [-0.2, 0) is 0 Å². The molecule has 0 aromatic rings. The van der Waals surface area contributed by atoms with Gasteiger partial charge in [0.05, 0.1) is 0 Å². The van der Waals surface area contributed by atoms with Gasteiger partial charge >= 0.3 is 0 Å². The quantitative estimate of drug-likeness (QED) is 0.255. The molecule has 2 aliphatic rings. The smallest absolute Gasteiger partial charge is 0.0322 e. The summed E-state index contributed by atoms with van der Waals surface area (Å²) in [5, 5.41) is 0. The van der Waals surface area contributed by atoms with E-state index in [4.69, 9.17) is 0 Å². The second-order valence-corrected chi connectivity index (χ2v) is 9.36. The van der Waals surface area contributed by atoms with Gasteiger partial charge in [-0.25, -0.2) is 0 Å². The highest BCUT2D eigenvalue weighted by Gasteiger charge is 2.21. The van der Waals surface area contributed by atoms with E-state index in [9.17, 15) is 0 Å². The van der Waals surface area contributed by atoms with Crippen LogP contribution in [0.4, 0.5) is 0 Å². The van der Waals surface area contributed by atoms with Gasteiger partial charge in [0, 0.05) is 0 Å². The minimum Gasteiger partial charge on any atom is -0.0917 e. The van der Waals surface area contributed by atoms with Gasteiger partial charge in [0.25, 0.3) is 0 Å². The van der Waals surface area contributed by atoms with Gasteiger partial charge in [-0.3, -0.25) is 0 Å². The zero-order chi connectivity index (χ0) is 18.5. The lowest BCUT2D eigenvalue weighted by Crippen LogP contribution is -2.14. The fraction of sp³-hybridized carbons (Fsp3) is 0.846. The summed E-state index contributed by atoms with van der Waals surface area (Å²) in [6, 6.07) is 0. The lowest BCUT2D eigenvalue weighted by atomic mass is 9.78. The van der Waals surface area contributed by atoms with Gasteiger partial charge < -0.3 is 0 Å². The van der Waals surface area contributed by atoms with Crippen LogP contribution in [-0.4, -0.2) is 0 Å². The van der Waals surface area contributed by atoms with Crippen LogP contribution < -0.4 is 0 Å². The van der Waals surface area contributed by atoms with E-state index >= 15 is 0 Å². The predicted molar refractivity (Wildman–Crippen MR) is 117 cm³/mol. The standard InChI is InChI=1S/C26H46/c1-3-5-7-11-23-15-19-25(20-16-23)13-9-10-14-26-21-17-24(18-22-26)12-8-6-4-2/h3,5,9-10,23-26H,4,6-8,11-22H2,1-2H3/t23-,24-,25-,26-. The zero-order valence-electron chi connectivity index (χ0n) is 17.9. The molecule has 0 radical (unpaired) electrons. The number of unbranched alkanes of at least 4 members (excludes halogenated alkanes) is 2. The molecule has 0 heterocycles. The zero-order valence-corrected chi connectivity index (χ0v) is 17.9. The third kappa shape index (κ3) is 8.92. The molecule has 150 valence electrons. The van der Waals surface area contributed by atoms with Gasteiger partial charge in [0.1, 0.15) is 0 Å². The largest absolute Gasteiger partial charge is 0.0917 e. The molecule has 0 atom stereocenters. The van der Waals surface area contributed by atoms with E-state index in [1.807, 2.05) is 0 Å². The Balaban J connectivity index is 1.50. The second-order valence-electron chi connectivity index (χ2n) is 9.36. The number of rotatable bonds is 11. The van der Waals surface area contributed by atoms with E-state index in [1.165, 1.54) is 103 Å². The van der Waals surface area contributed by atoms with Crippen molar-refractivity contribution in [2.75, 3.05) is 0 Å². The van der Waals surface area contributed by atoms with Crippen LogP contribution in [0.1, 0.15) is 117 Å². The maximum Gasteiger partial charge on any atom is -0.0322 e. The summed E-state index contributed by atoms with van der Waals surface area (Å²) in [5.74, 6) is 4.05. The van der Waals surface area contributed by atoms with Crippen molar-refractivity contribution in [2.24, 2.45) is 23.7 Å². The van der Waals surface area contributed by atoms with Crippen molar-refractivity contribution in [1.29, 1.82) is 0 Å². The van der Waals surface area contributed by atoms with Gasteiger partial charge in [-0.05, 0) is 82.0 Å². The maximum absolute atomic E-state index is 2.54. The Labute approximate surface area is 164 Å². The molecule has 2 fully saturated rings. The summed E-state index contributed by atoms with van der Waals surface area (Å²) in [6.45, 7) is 4.46. The van der Waals surface area contributed by atoms with Crippen LogP contribution in [0.5, 0.6) is 0 Å². The molecule has 0 aromatic heterocycles. The van der Waals surface area contributed by atoms with Gasteiger partial charge in [-0.15, -0.1) is 0 Å². The Kier molecular flexibility index (Phi) is 11.4. The molecule has 0 N–H and O–H groups in total. The Hall–Kier alpha value is -0.520. The van der Waals surface area contributed by atoms with E-state index in [0.717, 1.165) is 23.7 Å². The molecule has 0 spiro atoms. The summed E-state index contributed by atoms with van der Waals surface area (Å²) in [4.78, 5) is 0. The minimum absolute atomic E-state index is 0.985. The van der Waals surface area contributed by atoms with E-state index in [1.54, 1.807) is 0 Å². The third-order valence-electron chi connectivity index (χ3n) is 7.23. The third-order valence-corrected chi connectivity index (χ3v) is 7.23. The number of hydrogen-bond acceptors (Lipinski definition) is 0. The molecular weight excluding hydrogens is 312 g/mol. The topological polar surface area (TPSA) is 0 Å². The van der Waals surface area contributed by atoms with Crippen LogP contribution in [0, 0.1) is 23.7 Å². The van der Waals surface area contributed by atoms with Gasteiger partial charge in [-0.2, -0.15) is 0 Å². The van der Waals surface area contributed by atoms with Crippen molar-refractivity contribution in [3.8, 4) is 0 Å². The fourth-order valence-electron chi connectivity index (χ4n) is 5.27. The molecule has 0 heteroatoms. The summed E-state index contributed by atoms with van der Waals surface area (Å²) in [7, 11) is 0. The van der Waals surface area contributed by atoms with Crippen LogP contribution in [0.3, 0.4) is 0 Å². The molecule has 0 nitrogen and oxygen atoms in total. The lowest BCUT2D eigenvalue weighted by molar-refractivity contribution is 0.258. The lowest BCUT2D eigenvalue weighted by Gasteiger charge is -2.28. The van der Waals surface area contributed by atoms with Gasteiger partial charge in [0.2, 0.25) is 0 Å². The molecule has 0 saturated heterocycles. The first kappa shape index (κ1) is 21.8. The molecule has 26 heavy (non-hydrogen) atoms. The first-order valence-corrected chi connectivity index (χ1v) is 12.1.